The number of aliphatic carboxylic acids is 1. The summed E-state index contributed by atoms with van der Waals surface area (Å²) in [6.45, 7) is 1.50. The zero-order valence-electron chi connectivity index (χ0n) is 19.7. The lowest BCUT2D eigenvalue weighted by Gasteiger charge is -2.26. The van der Waals surface area contributed by atoms with Gasteiger partial charge in [-0.1, -0.05) is 48.5 Å². The number of carboxylic acids is 1. The van der Waals surface area contributed by atoms with E-state index in [1.54, 1.807) is 12.0 Å². The average molecular weight is 479 g/mol. The first-order chi connectivity index (χ1) is 17.0. The highest BCUT2D eigenvalue weighted by Crippen LogP contribution is 2.52. The average Bonchev–Trinajstić information content (AvgIpc) is 3.21. The van der Waals surface area contributed by atoms with Crippen LogP contribution in [0.4, 0.5) is 4.79 Å². The summed E-state index contributed by atoms with van der Waals surface area (Å²) < 4.78 is 10.8. The zero-order valence-corrected chi connectivity index (χ0v) is 19.7. The van der Waals surface area contributed by atoms with Gasteiger partial charge in [0.1, 0.15) is 12.6 Å². The van der Waals surface area contributed by atoms with Crippen molar-refractivity contribution in [2.75, 3.05) is 33.4 Å². The lowest BCUT2D eigenvalue weighted by Crippen LogP contribution is -2.49. The number of methoxy groups -OCH3 is 1. The number of likely N-dealkylation sites (tertiary alicyclic amines) is 1. The van der Waals surface area contributed by atoms with Crippen molar-refractivity contribution in [1.82, 2.24) is 10.2 Å². The van der Waals surface area contributed by atoms with Gasteiger partial charge in [-0.15, -0.1) is 0 Å². The molecule has 0 spiro atoms. The van der Waals surface area contributed by atoms with Crippen molar-refractivity contribution < 1.29 is 29.0 Å². The smallest absolute Gasteiger partial charge is 0.407 e. The van der Waals surface area contributed by atoms with Gasteiger partial charge in [0, 0.05) is 32.7 Å². The molecule has 184 valence electrons. The molecule has 0 bridgehead atoms. The third-order valence-corrected chi connectivity index (χ3v) is 7.57. The van der Waals surface area contributed by atoms with Crippen molar-refractivity contribution in [3.05, 3.63) is 59.7 Å². The van der Waals surface area contributed by atoms with Crippen LogP contribution in [0.25, 0.3) is 11.1 Å². The third kappa shape index (κ3) is 4.50. The number of carbonyl (C=O) groups is 3. The summed E-state index contributed by atoms with van der Waals surface area (Å²) in [5.41, 5.74) is 4.55. The van der Waals surface area contributed by atoms with Gasteiger partial charge in [-0.25, -0.2) is 4.79 Å². The number of nitrogens with one attached hydrogen (secondary N) is 1. The number of alkyl carbamates (subject to hydrolysis) is 1. The maximum Gasteiger partial charge on any atom is 0.407 e. The van der Waals surface area contributed by atoms with Gasteiger partial charge in [-0.05, 0) is 46.9 Å². The fourth-order valence-corrected chi connectivity index (χ4v) is 5.76. The third-order valence-electron chi connectivity index (χ3n) is 7.57. The molecule has 8 heteroatoms. The molecule has 35 heavy (non-hydrogen) atoms. The first-order valence-corrected chi connectivity index (χ1v) is 12.1. The van der Waals surface area contributed by atoms with Crippen molar-refractivity contribution in [3.8, 4) is 11.1 Å². The minimum atomic E-state index is -0.791. The van der Waals surface area contributed by atoms with Crippen LogP contribution in [0.2, 0.25) is 0 Å². The van der Waals surface area contributed by atoms with E-state index in [4.69, 9.17) is 9.47 Å². The number of nitrogens with zero attached hydrogens (tertiary/aromatic N) is 1. The largest absolute Gasteiger partial charge is 0.481 e. The van der Waals surface area contributed by atoms with Crippen LogP contribution in [0.3, 0.4) is 0 Å². The van der Waals surface area contributed by atoms with Gasteiger partial charge in [0.2, 0.25) is 5.91 Å². The molecule has 2 amide bonds. The Bertz CT molecular complexity index is 1080. The highest BCUT2D eigenvalue weighted by Gasteiger charge is 2.60. The number of fused-ring (bicyclic) bond motifs is 4. The summed E-state index contributed by atoms with van der Waals surface area (Å²) in [7, 11) is 1.59. The number of carboxylic acid groups (broad SMARTS) is 1. The van der Waals surface area contributed by atoms with Gasteiger partial charge < -0.3 is 24.8 Å². The van der Waals surface area contributed by atoms with Gasteiger partial charge in [0.25, 0.3) is 0 Å². The van der Waals surface area contributed by atoms with E-state index in [9.17, 15) is 19.5 Å². The van der Waals surface area contributed by atoms with E-state index in [1.165, 1.54) is 0 Å². The number of hydrogen-bond acceptors (Lipinski definition) is 5. The number of benzene rings is 2. The van der Waals surface area contributed by atoms with E-state index in [1.807, 2.05) is 24.3 Å². The highest BCUT2D eigenvalue weighted by atomic mass is 16.5. The van der Waals surface area contributed by atoms with E-state index < -0.39 is 18.1 Å². The molecule has 2 N–H and O–H groups in total. The van der Waals surface area contributed by atoms with Crippen LogP contribution in [0.5, 0.6) is 0 Å². The monoisotopic (exact) mass is 478 g/mol. The Morgan fingerprint density at radius 2 is 1.63 bits per heavy atom. The van der Waals surface area contributed by atoms with Crippen LogP contribution in [0.15, 0.2) is 48.5 Å². The molecule has 1 saturated heterocycles. The number of piperidine rings is 1. The van der Waals surface area contributed by atoms with E-state index in [0.717, 1.165) is 22.3 Å². The van der Waals surface area contributed by atoms with Gasteiger partial charge in [-0.3, -0.25) is 9.59 Å². The Morgan fingerprint density at radius 3 is 2.20 bits per heavy atom. The van der Waals surface area contributed by atoms with Gasteiger partial charge >= 0.3 is 12.1 Å². The van der Waals surface area contributed by atoms with Crippen LogP contribution >= 0.6 is 0 Å². The quantitative estimate of drug-likeness (QED) is 0.537. The van der Waals surface area contributed by atoms with Crippen molar-refractivity contribution >= 4 is 18.0 Å². The minimum Gasteiger partial charge on any atom is -0.481 e. The molecule has 3 aliphatic rings. The topological polar surface area (TPSA) is 105 Å². The SMILES string of the molecule is COCCCC(NC(=O)OCC1c2ccccc2-c2ccccc21)C(=O)N1CC2C(C1)C2C(=O)O. The molecule has 3 unspecified atom stereocenters. The number of carbonyl (C=O) groups excluding carboxylic acids is 2. The first-order valence-electron chi connectivity index (χ1n) is 12.1. The summed E-state index contributed by atoms with van der Waals surface area (Å²) in [4.78, 5) is 38.9. The number of rotatable bonds is 9. The second-order valence-corrected chi connectivity index (χ2v) is 9.59. The first kappa shape index (κ1) is 23.4. The van der Waals surface area contributed by atoms with E-state index in [-0.39, 0.29) is 36.2 Å². The molecule has 2 aliphatic carbocycles. The summed E-state index contributed by atoms with van der Waals surface area (Å²) in [5.74, 6) is -1.35. The van der Waals surface area contributed by atoms with Gasteiger partial charge in [-0.2, -0.15) is 0 Å². The van der Waals surface area contributed by atoms with E-state index >= 15 is 0 Å². The van der Waals surface area contributed by atoms with Gasteiger partial charge in [0.05, 0.1) is 5.92 Å². The lowest BCUT2D eigenvalue weighted by atomic mass is 9.98. The molecule has 3 atom stereocenters. The molecule has 8 nitrogen and oxygen atoms in total. The lowest BCUT2D eigenvalue weighted by molar-refractivity contribution is -0.141. The van der Waals surface area contributed by atoms with Crippen molar-refractivity contribution in [3.63, 3.8) is 0 Å². The summed E-state index contributed by atoms with van der Waals surface area (Å²) in [6.07, 6.45) is 0.399. The maximum absolute atomic E-state index is 13.2. The molecule has 5 rings (SSSR count). The van der Waals surface area contributed by atoms with Crippen LogP contribution in [-0.4, -0.2) is 67.4 Å². The predicted octanol–water partition coefficient (Wildman–Crippen LogP) is 3.11. The second-order valence-electron chi connectivity index (χ2n) is 9.59. The van der Waals surface area contributed by atoms with Crippen LogP contribution < -0.4 is 5.32 Å². The molecule has 1 heterocycles. The number of hydrogen-bond donors (Lipinski definition) is 2. The maximum atomic E-state index is 13.2. The Kier molecular flexibility index (Phi) is 6.47. The fourth-order valence-electron chi connectivity index (χ4n) is 5.76. The number of ether oxygens (including phenoxy) is 2. The summed E-state index contributed by atoms with van der Waals surface area (Å²) in [6, 6.07) is 15.5. The molecule has 2 fully saturated rings. The molecule has 1 aliphatic heterocycles. The molecule has 2 aromatic carbocycles. The fraction of sp³-hybridized carbons (Fsp3) is 0.444. The summed E-state index contributed by atoms with van der Waals surface area (Å²) >= 11 is 0. The molecule has 1 saturated carbocycles. The van der Waals surface area contributed by atoms with Crippen molar-refractivity contribution in [2.24, 2.45) is 17.8 Å². The van der Waals surface area contributed by atoms with E-state index in [0.29, 0.717) is 32.5 Å². The molecule has 0 aromatic heterocycles. The molecular weight excluding hydrogens is 448 g/mol. The Labute approximate surface area is 204 Å². The highest BCUT2D eigenvalue weighted by molar-refractivity contribution is 5.87. The Hall–Kier alpha value is -3.39. The van der Waals surface area contributed by atoms with Gasteiger partial charge in [0.15, 0.2) is 0 Å². The Balaban J connectivity index is 1.21. The normalized spacial score (nSPS) is 22.7. The standard InChI is InChI=1S/C27H30N2O6/c1-34-12-6-11-23(25(30)29-13-20-21(14-29)24(20)26(31)32)28-27(33)35-15-22-18-9-4-2-7-16(18)17-8-3-5-10-19(17)22/h2-5,7-10,20-24H,6,11-15H2,1H3,(H,28,33)(H,31,32). The minimum absolute atomic E-state index is 0.0190. The predicted molar refractivity (Wildman–Crippen MR) is 128 cm³/mol. The second kappa shape index (κ2) is 9.70. The molecular formula is C27H30N2O6. The van der Waals surface area contributed by atoms with Crippen LogP contribution in [-0.2, 0) is 19.1 Å². The molecule has 2 aromatic rings. The van der Waals surface area contributed by atoms with Crippen molar-refractivity contribution in [2.45, 2.75) is 24.8 Å². The number of amides is 2. The summed E-state index contributed by atoms with van der Waals surface area (Å²) in [5, 5.41) is 12.0. The molecule has 0 radical (unpaired) electrons. The Morgan fingerprint density at radius 1 is 1.03 bits per heavy atom. The van der Waals surface area contributed by atoms with Crippen LogP contribution in [0.1, 0.15) is 29.9 Å². The van der Waals surface area contributed by atoms with Crippen molar-refractivity contribution in [1.29, 1.82) is 0 Å². The zero-order chi connectivity index (χ0) is 24.5. The van der Waals surface area contributed by atoms with Crippen LogP contribution in [0, 0.1) is 17.8 Å². The van der Waals surface area contributed by atoms with E-state index in [2.05, 4.69) is 29.6 Å².